The molecule has 11 heteroatoms. The van der Waals surface area contributed by atoms with Gasteiger partial charge in [0.25, 0.3) is 5.69 Å². The van der Waals surface area contributed by atoms with Crippen molar-refractivity contribution in [2.24, 2.45) is 0 Å². The quantitative estimate of drug-likeness (QED) is 0.369. The molecule has 1 amide bonds. The molecule has 0 atom stereocenters. The summed E-state index contributed by atoms with van der Waals surface area (Å²) >= 11 is 0. The van der Waals surface area contributed by atoms with Crippen molar-refractivity contribution < 1.29 is 32.4 Å². The van der Waals surface area contributed by atoms with Gasteiger partial charge in [-0.3, -0.25) is 14.9 Å². The number of nitro benzene ring substituents is 1. The number of alkyl halides is 3. The zero-order valence-corrected chi connectivity index (χ0v) is 15.3. The van der Waals surface area contributed by atoms with Crippen LogP contribution in [0.5, 0.6) is 5.75 Å². The van der Waals surface area contributed by atoms with Crippen LogP contribution in [-0.4, -0.2) is 37.7 Å². The number of hydrogen-bond acceptors (Lipinski definition) is 6. The number of rotatable bonds is 9. The van der Waals surface area contributed by atoms with Crippen LogP contribution in [0.2, 0.25) is 0 Å². The summed E-state index contributed by atoms with van der Waals surface area (Å²) in [6.07, 6.45) is -4.59. The second-order valence-corrected chi connectivity index (χ2v) is 5.76. The highest BCUT2D eigenvalue weighted by molar-refractivity contribution is 5.95. The molecule has 29 heavy (non-hydrogen) atoms. The van der Waals surface area contributed by atoms with Gasteiger partial charge in [0, 0.05) is 24.9 Å². The lowest BCUT2D eigenvalue weighted by Crippen LogP contribution is -2.22. The van der Waals surface area contributed by atoms with Crippen LogP contribution in [0.4, 0.5) is 30.2 Å². The Bertz CT molecular complexity index is 874. The van der Waals surface area contributed by atoms with Crippen LogP contribution < -0.4 is 15.4 Å². The summed E-state index contributed by atoms with van der Waals surface area (Å²) in [5.41, 5.74) is -0.947. The van der Waals surface area contributed by atoms with Gasteiger partial charge in [-0.2, -0.15) is 13.2 Å². The molecule has 2 aromatic carbocycles. The molecule has 0 aliphatic rings. The Kier molecular flexibility index (Phi) is 7.37. The SMILES string of the molecule is COCCOc1ccc(C(F)(F)F)cc1NC(=O)CNc1cccc([N+](=O)[O-])c1. The van der Waals surface area contributed by atoms with E-state index in [2.05, 4.69) is 10.6 Å². The molecule has 0 heterocycles. The van der Waals surface area contributed by atoms with E-state index in [0.29, 0.717) is 5.69 Å². The largest absolute Gasteiger partial charge is 0.489 e. The molecule has 156 valence electrons. The molecule has 0 saturated carbocycles. The van der Waals surface area contributed by atoms with Crippen LogP contribution in [0.1, 0.15) is 5.56 Å². The van der Waals surface area contributed by atoms with Crippen LogP contribution in [0.3, 0.4) is 0 Å². The summed E-state index contributed by atoms with van der Waals surface area (Å²) < 4.78 is 49.1. The fourth-order valence-electron chi connectivity index (χ4n) is 2.27. The molecule has 0 saturated heterocycles. The van der Waals surface area contributed by atoms with E-state index in [-0.39, 0.29) is 36.9 Å². The Morgan fingerprint density at radius 1 is 1.17 bits per heavy atom. The molecule has 0 aliphatic heterocycles. The minimum Gasteiger partial charge on any atom is -0.489 e. The lowest BCUT2D eigenvalue weighted by Gasteiger charge is -2.15. The third kappa shape index (κ3) is 6.64. The van der Waals surface area contributed by atoms with Gasteiger partial charge in [0.1, 0.15) is 12.4 Å². The molecule has 8 nitrogen and oxygen atoms in total. The second kappa shape index (κ2) is 9.73. The van der Waals surface area contributed by atoms with E-state index in [9.17, 15) is 28.1 Å². The van der Waals surface area contributed by atoms with E-state index in [4.69, 9.17) is 9.47 Å². The van der Waals surface area contributed by atoms with E-state index >= 15 is 0 Å². The Balaban J connectivity index is 2.10. The van der Waals surface area contributed by atoms with Crippen molar-refractivity contribution in [3.05, 3.63) is 58.1 Å². The van der Waals surface area contributed by atoms with Gasteiger partial charge in [-0.15, -0.1) is 0 Å². The number of non-ortho nitro benzene ring substituents is 1. The number of benzene rings is 2. The van der Waals surface area contributed by atoms with Crippen LogP contribution in [-0.2, 0) is 15.7 Å². The summed E-state index contributed by atoms with van der Waals surface area (Å²) in [7, 11) is 1.44. The maximum Gasteiger partial charge on any atom is 0.416 e. The van der Waals surface area contributed by atoms with Crippen molar-refractivity contribution in [3.8, 4) is 5.75 Å². The first-order chi connectivity index (χ1) is 13.7. The number of nitrogens with one attached hydrogen (secondary N) is 2. The maximum atomic E-state index is 13.0. The molecule has 0 radical (unpaired) electrons. The van der Waals surface area contributed by atoms with E-state index in [1.165, 1.54) is 31.4 Å². The molecule has 0 aromatic heterocycles. The zero-order chi connectivity index (χ0) is 21.4. The summed E-state index contributed by atoms with van der Waals surface area (Å²) in [6.45, 7) is -0.0334. The molecular weight excluding hydrogens is 395 g/mol. The third-order valence-electron chi connectivity index (χ3n) is 3.64. The molecule has 2 aromatic rings. The minimum atomic E-state index is -4.59. The highest BCUT2D eigenvalue weighted by atomic mass is 19.4. The number of carbonyl (C=O) groups excluding carboxylic acids is 1. The normalized spacial score (nSPS) is 11.0. The Labute approximate surface area is 163 Å². The Morgan fingerprint density at radius 3 is 2.59 bits per heavy atom. The Hall–Kier alpha value is -3.34. The lowest BCUT2D eigenvalue weighted by atomic mass is 10.1. The number of ether oxygens (including phenoxy) is 2. The smallest absolute Gasteiger partial charge is 0.416 e. The lowest BCUT2D eigenvalue weighted by molar-refractivity contribution is -0.384. The van der Waals surface area contributed by atoms with Crippen LogP contribution in [0.25, 0.3) is 0 Å². The highest BCUT2D eigenvalue weighted by Gasteiger charge is 2.31. The van der Waals surface area contributed by atoms with E-state index < -0.39 is 22.6 Å². The van der Waals surface area contributed by atoms with Crippen LogP contribution in [0, 0.1) is 10.1 Å². The Morgan fingerprint density at radius 2 is 1.93 bits per heavy atom. The topological polar surface area (TPSA) is 103 Å². The molecule has 0 aliphatic carbocycles. The van der Waals surface area contributed by atoms with Crippen LogP contribution >= 0.6 is 0 Å². The number of carbonyl (C=O) groups is 1. The molecule has 0 unspecified atom stereocenters. The van der Waals surface area contributed by atoms with Gasteiger partial charge in [0.2, 0.25) is 5.91 Å². The van der Waals surface area contributed by atoms with Gasteiger partial charge in [0.15, 0.2) is 0 Å². The number of nitro groups is 1. The van der Waals surface area contributed by atoms with Gasteiger partial charge >= 0.3 is 6.18 Å². The standard InChI is InChI=1S/C18H18F3N3O5/c1-28-7-8-29-16-6-5-12(18(19,20)21)9-15(16)23-17(25)11-22-13-3-2-4-14(10-13)24(26)27/h2-6,9-10,22H,7-8,11H2,1H3,(H,23,25). The predicted octanol–water partition coefficient (Wildman–Crippen LogP) is 3.69. The molecule has 2 N–H and O–H groups in total. The number of methoxy groups -OCH3 is 1. The maximum absolute atomic E-state index is 13.0. The number of amides is 1. The molecule has 0 spiro atoms. The molecule has 0 fully saturated rings. The second-order valence-electron chi connectivity index (χ2n) is 5.76. The van der Waals surface area contributed by atoms with Crippen molar-refractivity contribution >= 4 is 23.0 Å². The van der Waals surface area contributed by atoms with E-state index in [1.54, 1.807) is 0 Å². The van der Waals surface area contributed by atoms with E-state index in [1.807, 2.05) is 0 Å². The monoisotopic (exact) mass is 413 g/mol. The molecular formula is C18H18F3N3O5. The summed E-state index contributed by atoms with van der Waals surface area (Å²) in [5.74, 6) is -0.605. The van der Waals surface area contributed by atoms with Gasteiger partial charge < -0.3 is 20.1 Å². The number of hydrogen-bond donors (Lipinski definition) is 2. The van der Waals surface area contributed by atoms with Gasteiger partial charge in [-0.05, 0) is 24.3 Å². The number of anilines is 2. The minimum absolute atomic E-state index is 0.0544. The summed E-state index contributed by atoms with van der Waals surface area (Å²) in [4.78, 5) is 22.4. The summed E-state index contributed by atoms with van der Waals surface area (Å²) in [6, 6.07) is 8.21. The predicted molar refractivity (Wildman–Crippen MR) is 99.0 cm³/mol. The van der Waals surface area contributed by atoms with Crippen molar-refractivity contribution in [2.45, 2.75) is 6.18 Å². The van der Waals surface area contributed by atoms with Gasteiger partial charge in [-0.1, -0.05) is 6.07 Å². The summed E-state index contributed by atoms with van der Waals surface area (Å²) in [5, 5.41) is 15.8. The first-order valence-electron chi connectivity index (χ1n) is 8.32. The fraction of sp³-hybridized carbons (Fsp3) is 0.278. The van der Waals surface area contributed by atoms with Gasteiger partial charge in [-0.25, -0.2) is 0 Å². The average molecular weight is 413 g/mol. The molecule has 0 bridgehead atoms. The average Bonchev–Trinajstić information content (AvgIpc) is 2.67. The first-order valence-corrected chi connectivity index (χ1v) is 8.32. The van der Waals surface area contributed by atoms with Crippen molar-refractivity contribution in [3.63, 3.8) is 0 Å². The van der Waals surface area contributed by atoms with Crippen molar-refractivity contribution in [1.29, 1.82) is 0 Å². The van der Waals surface area contributed by atoms with Crippen molar-refractivity contribution in [1.82, 2.24) is 0 Å². The van der Waals surface area contributed by atoms with Crippen molar-refractivity contribution in [2.75, 3.05) is 37.5 Å². The molecule has 2 rings (SSSR count). The number of nitrogens with zero attached hydrogens (tertiary/aromatic N) is 1. The fourth-order valence-corrected chi connectivity index (χ4v) is 2.27. The van der Waals surface area contributed by atoms with Gasteiger partial charge in [0.05, 0.1) is 29.3 Å². The van der Waals surface area contributed by atoms with Crippen LogP contribution in [0.15, 0.2) is 42.5 Å². The first kappa shape index (κ1) is 22.0. The highest BCUT2D eigenvalue weighted by Crippen LogP contribution is 2.35. The third-order valence-corrected chi connectivity index (χ3v) is 3.64. The van der Waals surface area contributed by atoms with E-state index in [0.717, 1.165) is 18.2 Å². The number of halogens is 3. The zero-order valence-electron chi connectivity index (χ0n) is 15.3.